The van der Waals surface area contributed by atoms with E-state index >= 15 is 8.78 Å². The predicted octanol–water partition coefficient (Wildman–Crippen LogP) is 8.38. The lowest BCUT2D eigenvalue weighted by Crippen LogP contribution is -2.45. The summed E-state index contributed by atoms with van der Waals surface area (Å²) in [6, 6.07) is 10.7. The molecule has 19 heteroatoms. The fourth-order valence-electron chi connectivity index (χ4n) is 6.20. The molecule has 2 N–H and O–H groups in total. The fourth-order valence-corrected chi connectivity index (χ4v) is 6.72. The molecule has 10 nitrogen and oxygen atoms in total. The van der Waals surface area contributed by atoms with Gasteiger partial charge in [-0.15, -0.1) is 0 Å². The van der Waals surface area contributed by atoms with Crippen molar-refractivity contribution < 1.29 is 54.3 Å². The first-order chi connectivity index (χ1) is 27.3. The number of aldehydes is 1. The summed E-state index contributed by atoms with van der Waals surface area (Å²) >= 11 is 5.34. The second kappa shape index (κ2) is 15.8. The highest BCUT2D eigenvalue weighted by molar-refractivity contribution is 7.81. The third-order valence-electron chi connectivity index (χ3n) is 9.32. The number of amides is 3. The molecule has 3 aromatic carbocycles. The van der Waals surface area contributed by atoms with Crippen LogP contribution in [0.15, 0.2) is 66.9 Å². The highest BCUT2D eigenvalue weighted by atomic mass is 32.1. The molecule has 59 heavy (non-hydrogen) atoms. The standard InChI is InChI=1S/C40H32F8N6O4S/c1-37(2,3)29(19-55)52-30(56)14-20-6-8-21(9-7-20)34(57)51-23-11-12-25(26(15-23)39(43,44)45)33-27(41)16-24(18-50-33)54-36(59)53(35(58)38(54,4)5)28-13-10-22(17-49)31(32(28)42)40(46,47)48/h6-13,15-16,18-19,29H,14H2,1-5H3,(H,51,57)(H,52,56). The van der Waals surface area contributed by atoms with Crippen molar-refractivity contribution in [3.05, 3.63) is 106 Å². The SMILES string of the molecule is CC(C)(C)C(C=O)NC(=O)Cc1ccc(C(=O)Nc2ccc(-c3ncc(N4C(=S)N(c5ccc(C#N)c(C(F)(F)F)c5F)C(=O)C4(C)C)cc3F)c(C(F)(F)F)c2)cc1. The number of hydrogen-bond acceptors (Lipinski definition) is 7. The summed E-state index contributed by atoms with van der Waals surface area (Å²) in [5, 5.41) is 13.5. The molecule has 308 valence electrons. The Bertz CT molecular complexity index is 2420. The number of alkyl halides is 6. The number of halogens is 8. The number of carbonyl (C=O) groups excluding carboxylic acids is 4. The molecule has 1 fully saturated rings. The van der Waals surface area contributed by atoms with Crippen LogP contribution in [-0.2, 0) is 33.2 Å². The lowest BCUT2D eigenvalue weighted by atomic mass is 9.87. The molecule has 1 aliphatic rings. The molecule has 3 amide bonds. The number of hydrogen-bond donors (Lipinski definition) is 2. The van der Waals surface area contributed by atoms with Gasteiger partial charge >= 0.3 is 12.4 Å². The zero-order chi connectivity index (χ0) is 44.0. The number of anilines is 3. The summed E-state index contributed by atoms with van der Waals surface area (Å²) in [7, 11) is 0. The molecule has 0 bridgehead atoms. The minimum Gasteiger partial charge on any atom is -0.346 e. The van der Waals surface area contributed by atoms with E-state index in [1.807, 2.05) is 0 Å². The third kappa shape index (κ3) is 8.77. The van der Waals surface area contributed by atoms with Crippen LogP contribution in [-0.4, -0.2) is 45.7 Å². The van der Waals surface area contributed by atoms with Crippen molar-refractivity contribution in [2.75, 3.05) is 15.1 Å². The summed E-state index contributed by atoms with van der Waals surface area (Å²) in [6.45, 7) is 7.81. The second-order valence-electron chi connectivity index (χ2n) is 14.9. The van der Waals surface area contributed by atoms with E-state index in [4.69, 9.17) is 17.5 Å². The zero-order valence-corrected chi connectivity index (χ0v) is 32.4. The third-order valence-corrected chi connectivity index (χ3v) is 9.69. The molecular weight excluding hydrogens is 813 g/mol. The molecule has 0 aliphatic carbocycles. The Morgan fingerprint density at radius 1 is 0.966 bits per heavy atom. The van der Waals surface area contributed by atoms with E-state index in [9.17, 15) is 45.5 Å². The summed E-state index contributed by atoms with van der Waals surface area (Å²) in [5.74, 6) is -5.61. The Labute approximate surface area is 336 Å². The van der Waals surface area contributed by atoms with Crippen LogP contribution in [0.4, 0.5) is 52.2 Å². The van der Waals surface area contributed by atoms with Gasteiger partial charge in [0.15, 0.2) is 16.7 Å². The van der Waals surface area contributed by atoms with E-state index in [-0.39, 0.29) is 23.4 Å². The maximum Gasteiger partial charge on any atom is 0.420 e. The van der Waals surface area contributed by atoms with Gasteiger partial charge in [-0.25, -0.2) is 8.78 Å². The number of nitriles is 1. The highest BCUT2D eigenvalue weighted by Crippen LogP contribution is 2.43. The van der Waals surface area contributed by atoms with Crippen LogP contribution in [0.2, 0.25) is 0 Å². The highest BCUT2D eigenvalue weighted by Gasteiger charge is 2.52. The van der Waals surface area contributed by atoms with Crippen LogP contribution in [0.5, 0.6) is 0 Å². The summed E-state index contributed by atoms with van der Waals surface area (Å²) in [5.41, 5.74) is -9.35. The number of aromatic nitrogens is 1. The first-order valence-corrected chi connectivity index (χ1v) is 17.7. The Morgan fingerprint density at radius 2 is 1.61 bits per heavy atom. The number of benzene rings is 3. The van der Waals surface area contributed by atoms with Crippen LogP contribution in [0.3, 0.4) is 0 Å². The normalized spacial score (nSPS) is 14.8. The minimum atomic E-state index is -5.34. The molecule has 4 aromatic rings. The van der Waals surface area contributed by atoms with Crippen molar-refractivity contribution in [2.24, 2.45) is 5.41 Å². The number of thiocarbonyl (C=S) groups is 1. The van der Waals surface area contributed by atoms with Crippen molar-refractivity contribution in [1.29, 1.82) is 5.26 Å². The minimum absolute atomic E-state index is 0.0260. The van der Waals surface area contributed by atoms with Gasteiger partial charge in [0.05, 0.1) is 47.2 Å². The lowest BCUT2D eigenvalue weighted by molar-refractivity contribution is -0.140. The van der Waals surface area contributed by atoms with E-state index in [1.165, 1.54) is 44.2 Å². The molecule has 0 spiro atoms. The number of carbonyl (C=O) groups is 4. The largest absolute Gasteiger partial charge is 0.420 e. The van der Waals surface area contributed by atoms with Crippen LogP contribution in [0.1, 0.15) is 67.2 Å². The molecule has 1 unspecified atom stereocenters. The van der Waals surface area contributed by atoms with E-state index in [2.05, 4.69) is 15.6 Å². The molecule has 0 radical (unpaired) electrons. The Kier molecular flexibility index (Phi) is 11.7. The van der Waals surface area contributed by atoms with Gasteiger partial charge in [-0.3, -0.25) is 24.3 Å². The first-order valence-electron chi connectivity index (χ1n) is 17.3. The zero-order valence-electron chi connectivity index (χ0n) is 31.6. The van der Waals surface area contributed by atoms with Gasteiger partial charge in [-0.1, -0.05) is 39.0 Å². The van der Waals surface area contributed by atoms with Crippen LogP contribution < -0.4 is 20.4 Å². The quantitative estimate of drug-likeness (QED) is 0.0976. The molecule has 1 saturated heterocycles. The second-order valence-corrected chi connectivity index (χ2v) is 15.3. The van der Waals surface area contributed by atoms with E-state index < -0.39 is 97.5 Å². The van der Waals surface area contributed by atoms with Gasteiger partial charge in [0, 0.05) is 22.9 Å². The van der Waals surface area contributed by atoms with Crippen molar-refractivity contribution in [3.8, 4) is 17.3 Å². The molecule has 0 saturated carbocycles. The fraction of sp³-hybridized carbons (Fsp3) is 0.275. The molecule has 1 atom stereocenters. The lowest BCUT2D eigenvalue weighted by Gasteiger charge is -2.29. The van der Waals surface area contributed by atoms with Crippen LogP contribution in [0.25, 0.3) is 11.3 Å². The number of rotatable bonds is 9. The summed E-state index contributed by atoms with van der Waals surface area (Å²) in [6.07, 6.45) is -9.06. The molecule has 5 rings (SSSR count). The predicted molar refractivity (Wildman–Crippen MR) is 203 cm³/mol. The maximum atomic E-state index is 15.8. The number of nitrogens with zero attached hydrogens (tertiary/aromatic N) is 4. The molecular formula is C40H32F8N6O4S. The molecule has 1 aromatic heterocycles. The average Bonchev–Trinajstić information content (AvgIpc) is 3.31. The van der Waals surface area contributed by atoms with Crippen LogP contribution in [0, 0.1) is 28.4 Å². The van der Waals surface area contributed by atoms with Crippen molar-refractivity contribution in [1.82, 2.24) is 10.3 Å². The van der Waals surface area contributed by atoms with Gasteiger partial charge in [-0.2, -0.15) is 31.6 Å². The van der Waals surface area contributed by atoms with E-state index in [1.54, 1.807) is 20.8 Å². The maximum absolute atomic E-state index is 15.8. The number of pyridine rings is 1. The van der Waals surface area contributed by atoms with Gasteiger partial charge in [-0.05, 0) is 73.4 Å². The van der Waals surface area contributed by atoms with Gasteiger partial charge in [0.2, 0.25) is 5.91 Å². The summed E-state index contributed by atoms with van der Waals surface area (Å²) in [4.78, 5) is 55.6. The van der Waals surface area contributed by atoms with E-state index in [0.717, 1.165) is 29.3 Å². The monoisotopic (exact) mass is 844 g/mol. The Hall–Kier alpha value is -6.29. The smallest absolute Gasteiger partial charge is 0.346 e. The average molecular weight is 845 g/mol. The van der Waals surface area contributed by atoms with E-state index in [0.29, 0.717) is 34.9 Å². The first kappa shape index (κ1) is 43.8. The van der Waals surface area contributed by atoms with Crippen LogP contribution >= 0.6 is 12.2 Å². The van der Waals surface area contributed by atoms with Crippen molar-refractivity contribution >= 4 is 58.4 Å². The van der Waals surface area contributed by atoms with Gasteiger partial charge in [0.25, 0.3) is 11.8 Å². The van der Waals surface area contributed by atoms with Crippen molar-refractivity contribution in [2.45, 2.75) is 65.0 Å². The van der Waals surface area contributed by atoms with Gasteiger partial charge < -0.3 is 20.3 Å². The number of nitrogens with one attached hydrogen (secondary N) is 2. The summed E-state index contributed by atoms with van der Waals surface area (Å²) < 4.78 is 116. The molecule has 1 aliphatic heterocycles. The van der Waals surface area contributed by atoms with Crippen molar-refractivity contribution in [3.63, 3.8) is 0 Å². The topological polar surface area (TPSA) is 135 Å². The Balaban J connectivity index is 1.39. The Morgan fingerprint density at radius 3 is 2.15 bits per heavy atom. The molecule has 2 heterocycles. The van der Waals surface area contributed by atoms with Gasteiger partial charge in [0.1, 0.15) is 23.1 Å².